The van der Waals surface area contributed by atoms with Crippen molar-refractivity contribution in [2.24, 2.45) is 11.5 Å². The zero-order valence-corrected chi connectivity index (χ0v) is 17.1. The van der Waals surface area contributed by atoms with Gasteiger partial charge in [0.15, 0.2) is 0 Å². The van der Waals surface area contributed by atoms with Crippen molar-refractivity contribution < 1.29 is 0 Å². The van der Waals surface area contributed by atoms with E-state index in [9.17, 15) is 0 Å². The Bertz CT molecular complexity index is 877. The molecular weight excluding hydrogens is 364 g/mol. The van der Waals surface area contributed by atoms with E-state index >= 15 is 0 Å². The molecule has 0 aliphatic rings. The first kappa shape index (κ1) is 20.1. The highest BCUT2D eigenvalue weighted by Crippen LogP contribution is 2.51. The molecule has 0 heterocycles. The van der Waals surface area contributed by atoms with E-state index in [0.29, 0.717) is 13.1 Å². The third-order valence-electron chi connectivity index (χ3n) is 6.41. The van der Waals surface area contributed by atoms with E-state index < -0.39 is 10.8 Å². The van der Waals surface area contributed by atoms with Gasteiger partial charge in [0.05, 0.1) is 0 Å². The van der Waals surface area contributed by atoms with Gasteiger partial charge in [0.2, 0.25) is 0 Å². The molecule has 0 bridgehead atoms. The van der Waals surface area contributed by atoms with Crippen LogP contribution in [0, 0.1) is 0 Å². The Kier molecular flexibility index (Phi) is 5.80. The molecule has 0 unspecified atom stereocenters. The summed E-state index contributed by atoms with van der Waals surface area (Å²) in [5.41, 5.74) is 17.1. The zero-order chi connectivity index (χ0) is 20.9. The highest BCUT2D eigenvalue weighted by Gasteiger charge is 2.54. The van der Waals surface area contributed by atoms with Crippen LogP contribution in [0.25, 0.3) is 0 Å². The van der Waals surface area contributed by atoms with Crippen LogP contribution in [0.1, 0.15) is 22.3 Å². The van der Waals surface area contributed by atoms with E-state index in [0.717, 1.165) is 22.3 Å². The minimum Gasteiger partial charge on any atom is -0.329 e. The molecule has 0 saturated carbocycles. The lowest BCUT2D eigenvalue weighted by atomic mass is 9.51. The van der Waals surface area contributed by atoms with Crippen LogP contribution >= 0.6 is 0 Å². The lowest BCUT2D eigenvalue weighted by Gasteiger charge is -2.52. The minimum atomic E-state index is -0.549. The summed E-state index contributed by atoms with van der Waals surface area (Å²) in [6.45, 7) is 0.837. The van der Waals surface area contributed by atoms with Gasteiger partial charge in [0.1, 0.15) is 0 Å². The first-order chi connectivity index (χ1) is 14.8. The Balaban J connectivity index is 2.17. The zero-order valence-electron chi connectivity index (χ0n) is 17.1. The lowest BCUT2D eigenvalue weighted by molar-refractivity contribution is 0.319. The second-order valence-corrected chi connectivity index (χ2v) is 7.68. The molecule has 0 atom stereocenters. The molecule has 0 aromatic heterocycles. The van der Waals surface area contributed by atoms with Crippen LogP contribution < -0.4 is 11.5 Å². The molecule has 0 saturated heterocycles. The molecule has 0 spiro atoms. The van der Waals surface area contributed by atoms with E-state index in [4.69, 9.17) is 11.5 Å². The standard InChI is InChI=1S/C28H28N2/c29-21-27(23-13-5-1-6-14-23,24-15-7-2-8-16-24)28(22-30,25-17-9-3-10-18-25)26-19-11-4-12-20-26/h1-20H,21-22,29-30H2. The van der Waals surface area contributed by atoms with Crippen LogP contribution in [-0.4, -0.2) is 13.1 Å². The summed E-state index contributed by atoms with van der Waals surface area (Å²) in [7, 11) is 0. The third-order valence-corrected chi connectivity index (χ3v) is 6.41. The molecule has 0 radical (unpaired) electrons. The van der Waals surface area contributed by atoms with Crippen molar-refractivity contribution in [3.05, 3.63) is 144 Å². The molecule has 0 amide bonds. The summed E-state index contributed by atoms with van der Waals surface area (Å²) in [6, 6.07) is 42.3. The average molecular weight is 393 g/mol. The summed E-state index contributed by atoms with van der Waals surface area (Å²) in [6.07, 6.45) is 0. The first-order valence-corrected chi connectivity index (χ1v) is 10.4. The fourth-order valence-electron chi connectivity index (χ4n) is 5.03. The maximum Gasteiger partial charge on any atom is 0.0474 e. The Labute approximate surface area is 179 Å². The first-order valence-electron chi connectivity index (χ1n) is 10.4. The fraction of sp³-hybridized carbons (Fsp3) is 0.143. The van der Waals surface area contributed by atoms with Crippen molar-refractivity contribution in [1.82, 2.24) is 0 Å². The van der Waals surface area contributed by atoms with Gasteiger partial charge in [0, 0.05) is 23.9 Å². The number of nitrogens with two attached hydrogens (primary N) is 2. The molecule has 0 aliphatic carbocycles. The van der Waals surface area contributed by atoms with Crippen LogP contribution in [0.15, 0.2) is 121 Å². The molecule has 4 aromatic carbocycles. The Morgan fingerprint density at radius 2 is 0.567 bits per heavy atom. The summed E-state index contributed by atoms with van der Waals surface area (Å²) >= 11 is 0. The highest BCUT2D eigenvalue weighted by molar-refractivity contribution is 5.56. The van der Waals surface area contributed by atoms with E-state index in [-0.39, 0.29) is 0 Å². The largest absolute Gasteiger partial charge is 0.329 e. The number of benzene rings is 4. The topological polar surface area (TPSA) is 52.0 Å². The second-order valence-electron chi connectivity index (χ2n) is 7.68. The van der Waals surface area contributed by atoms with Crippen molar-refractivity contribution in [1.29, 1.82) is 0 Å². The molecule has 4 aromatic rings. The molecule has 2 nitrogen and oxygen atoms in total. The monoisotopic (exact) mass is 392 g/mol. The summed E-state index contributed by atoms with van der Waals surface area (Å²) in [4.78, 5) is 0. The molecule has 4 N–H and O–H groups in total. The third kappa shape index (κ3) is 3.06. The predicted molar refractivity (Wildman–Crippen MR) is 125 cm³/mol. The molecule has 4 rings (SSSR count). The van der Waals surface area contributed by atoms with Crippen LogP contribution in [-0.2, 0) is 10.8 Å². The minimum absolute atomic E-state index is 0.419. The summed E-state index contributed by atoms with van der Waals surface area (Å²) < 4.78 is 0. The number of hydrogen-bond acceptors (Lipinski definition) is 2. The van der Waals surface area contributed by atoms with Crippen molar-refractivity contribution in [2.75, 3.05) is 13.1 Å². The summed E-state index contributed by atoms with van der Waals surface area (Å²) in [5, 5.41) is 0. The number of rotatable bonds is 7. The smallest absolute Gasteiger partial charge is 0.0474 e. The van der Waals surface area contributed by atoms with E-state index in [1.165, 1.54) is 0 Å². The van der Waals surface area contributed by atoms with Gasteiger partial charge in [0.25, 0.3) is 0 Å². The molecule has 0 aliphatic heterocycles. The van der Waals surface area contributed by atoms with E-state index in [2.05, 4.69) is 97.1 Å². The van der Waals surface area contributed by atoms with Gasteiger partial charge in [-0.3, -0.25) is 0 Å². The van der Waals surface area contributed by atoms with Crippen molar-refractivity contribution in [3.8, 4) is 0 Å². The fourth-order valence-corrected chi connectivity index (χ4v) is 5.03. The SMILES string of the molecule is NCC(c1ccccc1)(c1ccccc1)C(CN)(c1ccccc1)c1ccccc1. The normalized spacial score (nSPS) is 11.9. The van der Waals surface area contributed by atoms with Gasteiger partial charge in [-0.15, -0.1) is 0 Å². The van der Waals surface area contributed by atoms with Gasteiger partial charge in [-0.1, -0.05) is 121 Å². The molecular formula is C28H28N2. The average Bonchev–Trinajstić information content (AvgIpc) is 2.85. The van der Waals surface area contributed by atoms with Crippen LogP contribution in [0.3, 0.4) is 0 Å². The number of hydrogen-bond donors (Lipinski definition) is 2. The van der Waals surface area contributed by atoms with Crippen LogP contribution in [0.2, 0.25) is 0 Å². The lowest BCUT2D eigenvalue weighted by Crippen LogP contribution is -2.59. The van der Waals surface area contributed by atoms with Crippen molar-refractivity contribution in [3.63, 3.8) is 0 Å². The quantitative estimate of drug-likeness (QED) is 0.471. The summed E-state index contributed by atoms with van der Waals surface area (Å²) in [5.74, 6) is 0. The molecule has 2 heteroatoms. The molecule has 30 heavy (non-hydrogen) atoms. The maximum absolute atomic E-state index is 6.75. The van der Waals surface area contributed by atoms with Crippen LogP contribution in [0.4, 0.5) is 0 Å². The van der Waals surface area contributed by atoms with Gasteiger partial charge >= 0.3 is 0 Å². The maximum atomic E-state index is 6.75. The van der Waals surface area contributed by atoms with E-state index in [1.807, 2.05) is 24.3 Å². The Morgan fingerprint density at radius 1 is 0.367 bits per heavy atom. The van der Waals surface area contributed by atoms with Gasteiger partial charge in [-0.25, -0.2) is 0 Å². The van der Waals surface area contributed by atoms with Crippen molar-refractivity contribution >= 4 is 0 Å². The Hall–Kier alpha value is -3.20. The Morgan fingerprint density at radius 3 is 0.733 bits per heavy atom. The molecule has 150 valence electrons. The van der Waals surface area contributed by atoms with Gasteiger partial charge < -0.3 is 11.5 Å². The highest BCUT2D eigenvalue weighted by atomic mass is 14.7. The van der Waals surface area contributed by atoms with E-state index in [1.54, 1.807) is 0 Å². The predicted octanol–water partition coefficient (Wildman–Crippen LogP) is 4.88. The van der Waals surface area contributed by atoms with Crippen LogP contribution in [0.5, 0.6) is 0 Å². The van der Waals surface area contributed by atoms with Gasteiger partial charge in [-0.05, 0) is 22.3 Å². The van der Waals surface area contributed by atoms with Crippen molar-refractivity contribution in [2.45, 2.75) is 10.8 Å². The van der Waals surface area contributed by atoms with Gasteiger partial charge in [-0.2, -0.15) is 0 Å². The molecule has 0 fully saturated rings. The second kappa shape index (κ2) is 8.66.